The van der Waals surface area contributed by atoms with Crippen LogP contribution in [0.2, 0.25) is 10.0 Å². The lowest BCUT2D eigenvalue weighted by Gasteiger charge is -2.08. The summed E-state index contributed by atoms with van der Waals surface area (Å²) in [6.45, 7) is 1.84. The number of hydrogen-bond acceptors (Lipinski definition) is 6. The Balaban J connectivity index is 1.54. The van der Waals surface area contributed by atoms with E-state index in [1.165, 1.54) is 23.1 Å². The van der Waals surface area contributed by atoms with E-state index >= 15 is 0 Å². The van der Waals surface area contributed by atoms with E-state index in [1.807, 2.05) is 6.92 Å². The normalized spacial score (nSPS) is 10.5. The molecule has 0 fully saturated rings. The summed E-state index contributed by atoms with van der Waals surface area (Å²) in [6.07, 6.45) is 0. The van der Waals surface area contributed by atoms with Crippen LogP contribution in [0.15, 0.2) is 46.8 Å². The second kappa shape index (κ2) is 9.38. The zero-order chi connectivity index (χ0) is 20.1. The molecule has 6 nitrogen and oxygen atoms in total. The number of anilines is 2. The number of carbonyl (C=O) groups excluding carboxylic acids is 2. The molecule has 0 saturated heterocycles. The average molecular weight is 453 g/mol. The van der Waals surface area contributed by atoms with Crippen LogP contribution in [0.5, 0.6) is 0 Å². The summed E-state index contributed by atoms with van der Waals surface area (Å²) in [4.78, 5) is 24.4. The molecule has 0 saturated carbocycles. The number of aromatic nitrogens is 2. The van der Waals surface area contributed by atoms with Gasteiger partial charge in [-0.25, -0.2) is 0 Å². The number of rotatable bonds is 6. The Labute approximate surface area is 179 Å². The van der Waals surface area contributed by atoms with Crippen LogP contribution in [0.25, 0.3) is 0 Å². The van der Waals surface area contributed by atoms with E-state index in [9.17, 15) is 9.59 Å². The van der Waals surface area contributed by atoms with E-state index in [2.05, 4.69) is 20.8 Å². The SMILES string of the molecule is Cc1c(Cl)cccc1NC(=O)CSc1nnc(NC(=O)c2ccccc2Cl)s1. The van der Waals surface area contributed by atoms with Crippen molar-refractivity contribution in [2.75, 3.05) is 16.4 Å². The molecule has 0 bridgehead atoms. The summed E-state index contributed by atoms with van der Waals surface area (Å²) in [5.41, 5.74) is 1.83. The van der Waals surface area contributed by atoms with Crippen LogP contribution in [-0.2, 0) is 4.79 Å². The molecule has 2 N–H and O–H groups in total. The first-order valence-electron chi connectivity index (χ1n) is 8.01. The molecule has 3 aromatic rings. The zero-order valence-corrected chi connectivity index (χ0v) is 17.7. The molecule has 0 aliphatic rings. The highest BCUT2D eigenvalue weighted by molar-refractivity contribution is 8.01. The molecule has 0 atom stereocenters. The highest BCUT2D eigenvalue weighted by atomic mass is 35.5. The van der Waals surface area contributed by atoms with Crippen molar-refractivity contribution in [2.24, 2.45) is 0 Å². The molecule has 2 aromatic carbocycles. The van der Waals surface area contributed by atoms with Crippen molar-refractivity contribution in [2.45, 2.75) is 11.3 Å². The molecule has 0 unspecified atom stereocenters. The molecule has 3 rings (SSSR count). The Morgan fingerprint density at radius 3 is 2.57 bits per heavy atom. The molecule has 0 aliphatic heterocycles. The molecule has 1 aromatic heterocycles. The predicted octanol–water partition coefficient (Wildman–Crippen LogP) is 5.14. The van der Waals surface area contributed by atoms with Crippen molar-refractivity contribution < 1.29 is 9.59 Å². The maximum Gasteiger partial charge on any atom is 0.259 e. The summed E-state index contributed by atoms with van der Waals surface area (Å²) in [5, 5.41) is 14.6. The fourth-order valence-corrected chi connectivity index (χ4v) is 4.13. The van der Waals surface area contributed by atoms with Crippen molar-refractivity contribution in [3.8, 4) is 0 Å². The highest BCUT2D eigenvalue weighted by Crippen LogP contribution is 2.27. The minimum absolute atomic E-state index is 0.152. The number of benzene rings is 2. The van der Waals surface area contributed by atoms with Crippen LogP contribution in [0, 0.1) is 6.92 Å². The molecular formula is C18H14Cl2N4O2S2. The van der Waals surface area contributed by atoms with Gasteiger partial charge < -0.3 is 5.32 Å². The number of carbonyl (C=O) groups is 2. The van der Waals surface area contributed by atoms with Gasteiger partial charge in [0.1, 0.15) is 0 Å². The van der Waals surface area contributed by atoms with Crippen molar-refractivity contribution in [3.63, 3.8) is 0 Å². The Bertz CT molecular complexity index is 1030. The Hall–Kier alpha value is -2.13. The number of thioether (sulfide) groups is 1. The largest absolute Gasteiger partial charge is 0.325 e. The molecule has 0 spiro atoms. The van der Waals surface area contributed by atoms with Gasteiger partial charge in [0.2, 0.25) is 11.0 Å². The van der Waals surface area contributed by atoms with Crippen LogP contribution >= 0.6 is 46.3 Å². The lowest BCUT2D eigenvalue weighted by atomic mass is 10.2. The van der Waals surface area contributed by atoms with E-state index in [-0.39, 0.29) is 17.6 Å². The summed E-state index contributed by atoms with van der Waals surface area (Å²) in [6, 6.07) is 12.1. The van der Waals surface area contributed by atoms with Gasteiger partial charge in [0.05, 0.1) is 16.3 Å². The predicted molar refractivity (Wildman–Crippen MR) is 115 cm³/mol. The summed E-state index contributed by atoms with van der Waals surface area (Å²) in [7, 11) is 0. The van der Waals surface area contributed by atoms with Gasteiger partial charge in [0, 0.05) is 10.7 Å². The van der Waals surface area contributed by atoms with Gasteiger partial charge in [-0.1, -0.05) is 64.5 Å². The summed E-state index contributed by atoms with van der Waals surface area (Å²) in [5.74, 6) is -0.404. The summed E-state index contributed by atoms with van der Waals surface area (Å²) < 4.78 is 0.562. The molecule has 2 amide bonds. The lowest BCUT2D eigenvalue weighted by Crippen LogP contribution is -2.14. The Kier molecular flexibility index (Phi) is 6.90. The van der Waals surface area contributed by atoms with Crippen molar-refractivity contribution in [1.82, 2.24) is 10.2 Å². The standard InChI is InChI=1S/C18H14Cl2N4O2S2/c1-10-12(19)7-4-8-14(10)21-15(25)9-27-18-24-23-17(28-18)22-16(26)11-5-2-3-6-13(11)20/h2-8H,9H2,1H3,(H,21,25)(H,22,23,26). The smallest absolute Gasteiger partial charge is 0.259 e. The fraction of sp³-hybridized carbons (Fsp3) is 0.111. The van der Waals surface area contributed by atoms with Crippen molar-refractivity contribution in [1.29, 1.82) is 0 Å². The molecule has 28 heavy (non-hydrogen) atoms. The molecule has 10 heteroatoms. The third kappa shape index (κ3) is 5.23. The molecule has 1 heterocycles. The number of nitrogens with one attached hydrogen (secondary N) is 2. The molecular weight excluding hydrogens is 439 g/mol. The zero-order valence-electron chi connectivity index (χ0n) is 14.5. The van der Waals surface area contributed by atoms with Crippen molar-refractivity contribution in [3.05, 3.63) is 63.6 Å². The Morgan fingerprint density at radius 1 is 1.04 bits per heavy atom. The highest BCUT2D eigenvalue weighted by Gasteiger charge is 2.14. The first-order chi connectivity index (χ1) is 13.4. The van der Waals surface area contributed by atoms with Gasteiger partial charge in [0.25, 0.3) is 5.91 Å². The van der Waals surface area contributed by atoms with E-state index in [0.29, 0.717) is 30.8 Å². The van der Waals surface area contributed by atoms with Crippen molar-refractivity contribution >= 4 is 68.9 Å². The van der Waals surface area contributed by atoms with Crippen LogP contribution in [0.3, 0.4) is 0 Å². The molecule has 0 radical (unpaired) electrons. The second-order valence-electron chi connectivity index (χ2n) is 5.56. The van der Waals surface area contributed by atoms with Gasteiger partial charge in [-0.05, 0) is 36.8 Å². The number of amides is 2. The fourth-order valence-electron chi connectivity index (χ4n) is 2.18. The number of hydrogen-bond donors (Lipinski definition) is 2. The third-order valence-corrected chi connectivity index (χ3v) is 6.32. The maximum atomic E-state index is 12.2. The number of halogens is 2. The van der Waals surface area contributed by atoms with Crippen LogP contribution in [-0.4, -0.2) is 27.8 Å². The van der Waals surface area contributed by atoms with Gasteiger partial charge in [0.15, 0.2) is 4.34 Å². The second-order valence-corrected chi connectivity index (χ2v) is 8.57. The van der Waals surface area contributed by atoms with Crippen LogP contribution < -0.4 is 10.6 Å². The average Bonchev–Trinajstić information content (AvgIpc) is 3.11. The monoisotopic (exact) mass is 452 g/mol. The Morgan fingerprint density at radius 2 is 1.79 bits per heavy atom. The molecule has 0 aliphatic carbocycles. The van der Waals surface area contributed by atoms with Gasteiger partial charge in [-0.3, -0.25) is 14.9 Å². The van der Waals surface area contributed by atoms with Crippen LogP contribution in [0.4, 0.5) is 10.8 Å². The van der Waals surface area contributed by atoms with E-state index < -0.39 is 0 Å². The van der Waals surface area contributed by atoms with E-state index in [0.717, 1.165) is 5.56 Å². The third-order valence-electron chi connectivity index (χ3n) is 3.61. The summed E-state index contributed by atoms with van der Waals surface area (Å²) >= 11 is 14.5. The topological polar surface area (TPSA) is 84.0 Å². The van der Waals surface area contributed by atoms with Gasteiger partial charge in [-0.15, -0.1) is 10.2 Å². The maximum absolute atomic E-state index is 12.2. The minimum Gasteiger partial charge on any atom is -0.325 e. The van der Waals surface area contributed by atoms with Gasteiger partial charge >= 0.3 is 0 Å². The van der Waals surface area contributed by atoms with Gasteiger partial charge in [-0.2, -0.15) is 0 Å². The lowest BCUT2D eigenvalue weighted by molar-refractivity contribution is -0.113. The minimum atomic E-state index is -0.368. The molecule has 144 valence electrons. The first-order valence-corrected chi connectivity index (χ1v) is 10.6. The van der Waals surface area contributed by atoms with E-state index in [4.69, 9.17) is 23.2 Å². The van der Waals surface area contributed by atoms with E-state index in [1.54, 1.807) is 42.5 Å². The quantitative estimate of drug-likeness (QED) is 0.399. The van der Waals surface area contributed by atoms with Crippen LogP contribution in [0.1, 0.15) is 15.9 Å². The first kappa shape index (κ1) is 20.6. The number of nitrogens with zero attached hydrogens (tertiary/aromatic N) is 2.